The van der Waals surface area contributed by atoms with E-state index in [1.165, 1.54) is 24.3 Å². The lowest BCUT2D eigenvalue weighted by atomic mass is 10.2. The number of ether oxygens (including phenoxy) is 1. The minimum atomic E-state index is -0.445. The number of carbonyl (C=O) groups is 2. The zero-order valence-electron chi connectivity index (χ0n) is 15.0. The van der Waals surface area contributed by atoms with E-state index in [-0.39, 0.29) is 18.0 Å². The van der Waals surface area contributed by atoms with E-state index in [1.807, 2.05) is 30.3 Å². The smallest absolute Gasteiger partial charge is 0.251 e. The molecule has 0 heterocycles. The van der Waals surface area contributed by atoms with Crippen LogP contribution in [0.15, 0.2) is 78.9 Å². The van der Waals surface area contributed by atoms with Gasteiger partial charge in [0.2, 0.25) is 5.91 Å². The largest absolute Gasteiger partial charge is 0.489 e. The predicted octanol–water partition coefficient (Wildman–Crippen LogP) is 3.77. The molecule has 0 aliphatic carbocycles. The Morgan fingerprint density at radius 2 is 1.54 bits per heavy atom. The van der Waals surface area contributed by atoms with Crippen LogP contribution in [0.4, 0.5) is 10.1 Å². The number of halogens is 1. The fraction of sp³-hybridized carbons (Fsp3) is 0.0909. The van der Waals surface area contributed by atoms with E-state index < -0.39 is 11.7 Å². The molecule has 0 aromatic heterocycles. The number of benzene rings is 3. The zero-order valence-corrected chi connectivity index (χ0v) is 15.0. The van der Waals surface area contributed by atoms with Gasteiger partial charge in [0.15, 0.2) is 0 Å². The summed E-state index contributed by atoms with van der Waals surface area (Å²) in [4.78, 5) is 23.9. The van der Waals surface area contributed by atoms with Crippen LogP contribution in [0.25, 0.3) is 0 Å². The van der Waals surface area contributed by atoms with E-state index in [0.29, 0.717) is 18.0 Å². The van der Waals surface area contributed by atoms with E-state index in [4.69, 9.17) is 4.74 Å². The Morgan fingerprint density at radius 3 is 2.21 bits per heavy atom. The first-order valence-corrected chi connectivity index (χ1v) is 8.70. The number of amides is 2. The maximum absolute atomic E-state index is 12.9. The monoisotopic (exact) mass is 378 g/mol. The lowest BCUT2D eigenvalue weighted by Gasteiger charge is -2.09. The first kappa shape index (κ1) is 19.1. The second-order valence-corrected chi connectivity index (χ2v) is 6.04. The number of nitrogens with one attached hydrogen (secondary N) is 2. The maximum atomic E-state index is 12.9. The van der Waals surface area contributed by atoms with Gasteiger partial charge in [-0.05, 0) is 54.1 Å². The molecule has 3 rings (SSSR count). The van der Waals surface area contributed by atoms with Crippen LogP contribution in [-0.2, 0) is 11.4 Å². The van der Waals surface area contributed by atoms with Crippen molar-refractivity contribution in [3.8, 4) is 5.75 Å². The van der Waals surface area contributed by atoms with Gasteiger partial charge in [-0.15, -0.1) is 0 Å². The summed E-state index contributed by atoms with van der Waals surface area (Å²) in [6.07, 6.45) is 0. The highest BCUT2D eigenvalue weighted by Crippen LogP contribution is 2.17. The third kappa shape index (κ3) is 5.67. The topological polar surface area (TPSA) is 67.4 Å². The predicted molar refractivity (Wildman–Crippen MR) is 105 cm³/mol. The molecule has 0 bridgehead atoms. The van der Waals surface area contributed by atoms with Gasteiger partial charge in [-0.25, -0.2) is 4.39 Å². The normalized spacial score (nSPS) is 10.2. The van der Waals surface area contributed by atoms with Crippen molar-refractivity contribution in [1.82, 2.24) is 5.32 Å². The van der Waals surface area contributed by atoms with Crippen LogP contribution in [0.3, 0.4) is 0 Å². The molecule has 5 nitrogen and oxygen atoms in total. The van der Waals surface area contributed by atoms with E-state index in [1.54, 1.807) is 24.3 Å². The van der Waals surface area contributed by atoms with Crippen molar-refractivity contribution in [1.29, 1.82) is 0 Å². The molecule has 0 aliphatic rings. The van der Waals surface area contributed by atoms with Crippen molar-refractivity contribution in [2.75, 3.05) is 11.9 Å². The Balaban J connectivity index is 1.45. The lowest BCUT2D eigenvalue weighted by Crippen LogP contribution is -2.32. The average molecular weight is 378 g/mol. The van der Waals surface area contributed by atoms with Gasteiger partial charge < -0.3 is 15.4 Å². The van der Waals surface area contributed by atoms with Crippen LogP contribution < -0.4 is 15.4 Å². The number of rotatable bonds is 7. The number of carbonyl (C=O) groups excluding carboxylic acids is 2. The molecule has 3 aromatic carbocycles. The standard InChI is InChI=1S/C22H19FN2O3/c23-18-8-6-17(7-9-18)22(27)24-14-21(26)25-19-10-12-20(13-11-19)28-15-16-4-2-1-3-5-16/h1-13H,14-15H2,(H,24,27)(H,25,26). The van der Waals surface area contributed by atoms with Crippen molar-refractivity contribution in [3.05, 3.63) is 95.8 Å². The molecule has 0 radical (unpaired) electrons. The first-order chi connectivity index (χ1) is 13.6. The highest BCUT2D eigenvalue weighted by Gasteiger charge is 2.08. The number of hydrogen-bond acceptors (Lipinski definition) is 3. The van der Waals surface area contributed by atoms with Gasteiger partial charge in [0.1, 0.15) is 18.2 Å². The molecule has 2 amide bonds. The van der Waals surface area contributed by atoms with Crippen LogP contribution in [0, 0.1) is 5.82 Å². The third-order valence-corrected chi connectivity index (χ3v) is 3.90. The molecule has 0 aliphatic heterocycles. The fourth-order valence-corrected chi connectivity index (χ4v) is 2.44. The van der Waals surface area contributed by atoms with Crippen molar-refractivity contribution in [2.24, 2.45) is 0 Å². The molecule has 0 atom stereocenters. The Hall–Kier alpha value is -3.67. The molecule has 2 N–H and O–H groups in total. The highest BCUT2D eigenvalue weighted by molar-refractivity contribution is 5.99. The summed E-state index contributed by atoms with van der Waals surface area (Å²) in [5.74, 6) is -0.551. The molecule has 142 valence electrons. The zero-order chi connectivity index (χ0) is 19.8. The number of anilines is 1. The molecule has 0 fully saturated rings. The van der Waals surface area contributed by atoms with Gasteiger partial charge in [-0.1, -0.05) is 30.3 Å². The maximum Gasteiger partial charge on any atom is 0.251 e. The summed E-state index contributed by atoms with van der Waals surface area (Å²) in [6, 6.07) is 21.9. The van der Waals surface area contributed by atoms with Crippen molar-refractivity contribution in [2.45, 2.75) is 6.61 Å². The van der Waals surface area contributed by atoms with Crippen LogP contribution in [-0.4, -0.2) is 18.4 Å². The molecule has 0 saturated carbocycles. The lowest BCUT2D eigenvalue weighted by molar-refractivity contribution is -0.115. The Bertz CT molecular complexity index is 926. The van der Waals surface area contributed by atoms with Crippen molar-refractivity contribution >= 4 is 17.5 Å². The number of hydrogen-bond donors (Lipinski definition) is 2. The summed E-state index contributed by atoms with van der Waals surface area (Å²) < 4.78 is 18.6. The van der Waals surface area contributed by atoms with Gasteiger partial charge in [-0.2, -0.15) is 0 Å². The Labute approximate surface area is 162 Å². The second-order valence-electron chi connectivity index (χ2n) is 6.04. The summed E-state index contributed by atoms with van der Waals surface area (Å²) in [5, 5.41) is 5.18. The summed E-state index contributed by atoms with van der Waals surface area (Å²) in [5.41, 5.74) is 1.94. The van der Waals surface area contributed by atoms with Gasteiger partial charge in [0.25, 0.3) is 5.91 Å². The minimum Gasteiger partial charge on any atom is -0.489 e. The Morgan fingerprint density at radius 1 is 0.857 bits per heavy atom. The van der Waals surface area contributed by atoms with Crippen LogP contribution in [0.5, 0.6) is 5.75 Å². The molecule has 6 heteroatoms. The molecule has 28 heavy (non-hydrogen) atoms. The Kier molecular flexibility index (Phi) is 6.36. The third-order valence-electron chi connectivity index (χ3n) is 3.90. The summed E-state index contributed by atoms with van der Waals surface area (Å²) >= 11 is 0. The van der Waals surface area contributed by atoms with E-state index >= 15 is 0 Å². The van der Waals surface area contributed by atoms with Gasteiger partial charge in [-0.3, -0.25) is 9.59 Å². The van der Waals surface area contributed by atoms with E-state index in [2.05, 4.69) is 10.6 Å². The van der Waals surface area contributed by atoms with Crippen molar-refractivity contribution < 1.29 is 18.7 Å². The summed E-state index contributed by atoms with van der Waals surface area (Å²) in [6.45, 7) is 0.268. The highest BCUT2D eigenvalue weighted by atomic mass is 19.1. The average Bonchev–Trinajstić information content (AvgIpc) is 2.73. The molecular formula is C22H19FN2O3. The first-order valence-electron chi connectivity index (χ1n) is 8.70. The quantitative estimate of drug-likeness (QED) is 0.658. The van der Waals surface area contributed by atoms with Crippen LogP contribution in [0.1, 0.15) is 15.9 Å². The fourth-order valence-electron chi connectivity index (χ4n) is 2.44. The van der Waals surface area contributed by atoms with Crippen LogP contribution >= 0.6 is 0 Å². The van der Waals surface area contributed by atoms with Gasteiger partial charge in [0.05, 0.1) is 6.54 Å². The summed E-state index contributed by atoms with van der Waals surface area (Å²) in [7, 11) is 0. The van der Waals surface area contributed by atoms with Crippen molar-refractivity contribution in [3.63, 3.8) is 0 Å². The molecular weight excluding hydrogens is 359 g/mol. The van der Waals surface area contributed by atoms with Gasteiger partial charge in [0, 0.05) is 11.3 Å². The SMILES string of the molecule is O=C(CNC(=O)c1ccc(F)cc1)Nc1ccc(OCc2ccccc2)cc1. The second kappa shape index (κ2) is 9.32. The van der Waals surface area contributed by atoms with E-state index in [0.717, 1.165) is 5.56 Å². The molecule has 0 unspecified atom stereocenters. The minimum absolute atomic E-state index is 0.192. The van der Waals surface area contributed by atoms with Crippen LogP contribution in [0.2, 0.25) is 0 Å². The van der Waals surface area contributed by atoms with Gasteiger partial charge >= 0.3 is 0 Å². The van der Waals surface area contributed by atoms with E-state index in [9.17, 15) is 14.0 Å². The molecule has 3 aromatic rings. The molecule has 0 saturated heterocycles. The molecule has 0 spiro atoms.